The van der Waals surface area contributed by atoms with Gasteiger partial charge in [-0.05, 0) is 38.0 Å². The van der Waals surface area contributed by atoms with Gasteiger partial charge in [-0.15, -0.1) is 11.8 Å². The van der Waals surface area contributed by atoms with E-state index in [1.807, 2.05) is 25.3 Å². The SMILES string of the molecule is CCc1cnc2ccc(C)cc2c1SC(C)C(=O)O. The molecule has 3 nitrogen and oxygen atoms in total. The summed E-state index contributed by atoms with van der Waals surface area (Å²) in [5.41, 5.74) is 3.19. The molecule has 2 rings (SSSR count). The predicted octanol–water partition coefficient (Wildman–Crippen LogP) is 3.67. The van der Waals surface area contributed by atoms with Crippen LogP contribution in [0.1, 0.15) is 25.0 Å². The van der Waals surface area contributed by atoms with E-state index in [-0.39, 0.29) is 0 Å². The van der Waals surface area contributed by atoms with E-state index in [4.69, 9.17) is 5.11 Å². The minimum absolute atomic E-state index is 0.462. The second-order valence-electron chi connectivity index (χ2n) is 4.59. The van der Waals surface area contributed by atoms with Gasteiger partial charge in [0.1, 0.15) is 5.25 Å². The Morgan fingerprint density at radius 1 is 1.47 bits per heavy atom. The Bertz CT molecular complexity index is 625. The van der Waals surface area contributed by atoms with Crippen LogP contribution in [0, 0.1) is 6.92 Å². The van der Waals surface area contributed by atoms with Gasteiger partial charge in [0.25, 0.3) is 0 Å². The number of thioether (sulfide) groups is 1. The Balaban J connectivity index is 2.59. The molecule has 0 saturated carbocycles. The third-order valence-electron chi connectivity index (χ3n) is 3.07. The zero-order valence-corrected chi connectivity index (χ0v) is 12.1. The summed E-state index contributed by atoms with van der Waals surface area (Å²) in [6.07, 6.45) is 2.71. The predicted molar refractivity (Wildman–Crippen MR) is 78.8 cm³/mol. The molecule has 0 aliphatic rings. The van der Waals surface area contributed by atoms with Crippen molar-refractivity contribution in [3.05, 3.63) is 35.5 Å². The van der Waals surface area contributed by atoms with Crippen LogP contribution in [-0.4, -0.2) is 21.3 Å². The van der Waals surface area contributed by atoms with Crippen molar-refractivity contribution in [2.24, 2.45) is 0 Å². The summed E-state index contributed by atoms with van der Waals surface area (Å²) < 4.78 is 0. The summed E-state index contributed by atoms with van der Waals surface area (Å²) in [4.78, 5) is 16.6. The third-order valence-corrected chi connectivity index (χ3v) is 4.34. The summed E-state index contributed by atoms with van der Waals surface area (Å²) >= 11 is 1.40. The minimum atomic E-state index is -0.787. The lowest BCUT2D eigenvalue weighted by Gasteiger charge is -2.13. The number of carboxylic acid groups (broad SMARTS) is 1. The molecule has 0 amide bonds. The molecule has 1 atom stereocenters. The van der Waals surface area contributed by atoms with Gasteiger partial charge in [0.05, 0.1) is 5.52 Å². The number of aryl methyl sites for hydroxylation is 2. The van der Waals surface area contributed by atoms with E-state index in [0.29, 0.717) is 0 Å². The Hall–Kier alpha value is -1.55. The lowest BCUT2D eigenvalue weighted by Crippen LogP contribution is -2.11. The molecule has 2 aromatic rings. The van der Waals surface area contributed by atoms with Crippen molar-refractivity contribution in [3.8, 4) is 0 Å². The second kappa shape index (κ2) is 5.61. The van der Waals surface area contributed by atoms with Gasteiger partial charge >= 0.3 is 5.97 Å². The van der Waals surface area contributed by atoms with E-state index in [0.717, 1.165) is 33.3 Å². The molecule has 0 aliphatic heterocycles. The van der Waals surface area contributed by atoms with Crippen LogP contribution in [0.15, 0.2) is 29.3 Å². The van der Waals surface area contributed by atoms with E-state index in [9.17, 15) is 4.79 Å². The number of pyridine rings is 1. The molecular formula is C15H17NO2S. The maximum absolute atomic E-state index is 11.1. The number of carbonyl (C=O) groups is 1. The van der Waals surface area contributed by atoms with Crippen molar-refractivity contribution in [1.82, 2.24) is 4.98 Å². The summed E-state index contributed by atoms with van der Waals surface area (Å²) in [5.74, 6) is -0.787. The number of nitrogens with zero attached hydrogens (tertiary/aromatic N) is 1. The minimum Gasteiger partial charge on any atom is -0.480 e. The summed E-state index contributed by atoms with van der Waals surface area (Å²) in [6, 6.07) is 6.09. The van der Waals surface area contributed by atoms with Crippen LogP contribution in [0.5, 0.6) is 0 Å². The molecule has 1 aromatic carbocycles. The highest BCUT2D eigenvalue weighted by Crippen LogP contribution is 2.34. The monoisotopic (exact) mass is 275 g/mol. The van der Waals surface area contributed by atoms with Crippen molar-refractivity contribution in [2.45, 2.75) is 37.3 Å². The summed E-state index contributed by atoms with van der Waals surface area (Å²) in [6.45, 7) is 5.82. The summed E-state index contributed by atoms with van der Waals surface area (Å²) in [7, 11) is 0. The smallest absolute Gasteiger partial charge is 0.316 e. The number of carboxylic acids is 1. The molecular weight excluding hydrogens is 258 g/mol. The standard InChI is InChI=1S/C15H17NO2S/c1-4-11-8-16-13-6-5-9(2)7-12(13)14(11)19-10(3)15(17)18/h5-8,10H,4H2,1-3H3,(H,17,18). The van der Waals surface area contributed by atoms with Gasteiger partial charge < -0.3 is 5.11 Å². The molecule has 0 aliphatic carbocycles. The normalized spacial score (nSPS) is 12.6. The van der Waals surface area contributed by atoms with E-state index in [2.05, 4.69) is 18.0 Å². The molecule has 0 spiro atoms. The first kappa shape index (κ1) is 13.9. The zero-order valence-electron chi connectivity index (χ0n) is 11.3. The Morgan fingerprint density at radius 3 is 2.84 bits per heavy atom. The number of hydrogen-bond acceptors (Lipinski definition) is 3. The molecule has 0 bridgehead atoms. The molecule has 19 heavy (non-hydrogen) atoms. The maximum Gasteiger partial charge on any atom is 0.316 e. The first-order chi connectivity index (χ1) is 9.02. The Morgan fingerprint density at radius 2 is 2.21 bits per heavy atom. The first-order valence-corrected chi connectivity index (χ1v) is 7.18. The fourth-order valence-corrected chi connectivity index (χ4v) is 3.03. The van der Waals surface area contributed by atoms with Crippen molar-refractivity contribution in [3.63, 3.8) is 0 Å². The molecule has 0 saturated heterocycles. The largest absolute Gasteiger partial charge is 0.480 e. The van der Waals surface area contributed by atoms with Gasteiger partial charge in [-0.25, -0.2) is 0 Å². The molecule has 0 radical (unpaired) electrons. The Labute approximate surface area is 117 Å². The quantitative estimate of drug-likeness (QED) is 0.865. The fraction of sp³-hybridized carbons (Fsp3) is 0.333. The van der Waals surface area contributed by atoms with Crippen LogP contribution in [0.2, 0.25) is 0 Å². The molecule has 1 N–H and O–H groups in total. The van der Waals surface area contributed by atoms with Crippen LogP contribution >= 0.6 is 11.8 Å². The van der Waals surface area contributed by atoms with E-state index in [1.165, 1.54) is 11.8 Å². The zero-order chi connectivity index (χ0) is 14.0. The number of rotatable bonds is 4. The van der Waals surface area contributed by atoms with Crippen molar-refractivity contribution in [2.75, 3.05) is 0 Å². The number of aliphatic carboxylic acids is 1. The van der Waals surface area contributed by atoms with Gasteiger partial charge in [0.2, 0.25) is 0 Å². The third kappa shape index (κ3) is 2.89. The highest BCUT2D eigenvalue weighted by Gasteiger charge is 2.17. The lowest BCUT2D eigenvalue weighted by atomic mass is 10.1. The van der Waals surface area contributed by atoms with Crippen LogP contribution in [0.4, 0.5) is 0 Å². The fourth-order valence-electron chi connectivity index (χ4n) is 1.94. The van der Waals surface area contributed by atoms with Gasteiger partial charge in [-0.2, -0.15) is 0 Å². The average molecular weight is 275 g/mol. The van der Waals surface area contributed by atoms with Gasteiger partial charge in [-0.3, -0.25) is 9.78 Å². The maximum atomic E-state index is 11.1. The number of fused-ring (bicyclic) bond motifs is 1. The number of hydrogen-bond donors (Lipinski definition) is 1. The molecule has 4 heteroatoms. The second-order valence-corrected chi connectivity index (χ2v) is 5.94. The van der Waals surface area contributed by atoms with Crippen molar-refractivity contribution in [1.29, 1.82) is 0 Å². The van der Waals surface area contributed by atoms with Gasteiger partial charge in [0.15, 0.2) is 0 Å². The Kier molecular flexibility index (Phi) is 4.10. The molecule has 1 aromatic heterocycles. The number of aromatic nitrogens is 1. The molecule has 1 heterocycles. The highest BCUT2D eigenvalue weighted by atomic mass is 32.2. The van der Waals surface area contributed by atoms with Crippen LogP contribution in [0.3, 0.4) is 0 Å². The van der Waals surface area contributed by atoms with Crippen LogP contribution in [0.25, 0.3) is 10.9 Å². The molecule has 1 unspecified atom stereocenters. The van der Waals surface area contributed by atoms with E-state index >= 15 is 0 Å². The topological polar surface area (TPSA) is 50.2 Å². The summed E-state index contributed by atoms with van der Waals surface area (Å²) in [5, 5.41) is 9.69. The van der Waals surface area contributed by atoms with Crippen LogP contribution < -0.4 is 0 Å². The average Bonchev–Trinajstić information content (AvgIpc) is 2.39. The number of benzene rings is 1. The van der Waals surface area contributed by atoms with Crippen molar-refractivity contribution < 1.29 is 9.90 Å². The molecule has 100 valence electrons. The molecule has 0 fully saturated rings. The van der Waals surface area contributed by atoms with Gasteiger partial charge in [-0.1, -0.05) is 18.6 Å². The van der Waals surface area contributed by atoms with E-state index in [1.54, 1.807) is 6.92 Å². The highest BCUT2D eigenvalue weighted by molar-refractivity contribution is 8.00. The van der Waals surface area contributed by atoms with Crippen molar-refractivity contribution >= 4 is 28.6 Å². The van der Waals surface area contributed by atoms with Gasteiger partial charge in [0, 0.05) is 16.5 Å². The van der Waals surface area contributed by atoms with E-state index < -0.39 is 11.2 Å². The lowest BCUT2D eigenvalue weighted by molar-refractivity contribution is -0.136. The van der Waals surface area contributed by atoms with Crippen LogP contribution in [-0.2, 0) is 11.2 Å². The first-order valence-electron chi connectivity index (χ1n) is 6.30.